The number of amides is 1. The number of halogens is 2. The lowest BCUT2D eigenvalue weighted by molar-refractivity contribution is -0.121. The van der Waals surface area contributed by atoms with Crippen LogP contribution in [0, 0.1) is 18.6 Å². The third kappa shape index (κ3) is 4.83. The quantitative estimate of drug-likeness (QED) is 0.487. The summed E-state index contributed by atoms with van der Waals surface area (Å²) in [6.07, 6.45) is 0.916. The Morgan fingerprint density at radius 2 is 1.88 bits per heavy atom. The van der Waals surface area contributed by atoms with E-state index in [-0.39, 0.29) is 33.3 Å². The molecule has 0 aliphatic carbocycles. The molecule has 0 bridgehead atoms. The number of benzene rings is 2. The Kier molecular flexibility index (Phi) is 6.99. The number of carbonyl (C=O) groups is 1. The summed E-state index contributed by atoms with van der Waals surface area (Å²) in [5.41, 5.74) is 0.918. The summed E-state index contributed by atoms with van der Waals surface area (Å²) in [5, 5.41) is 0.214. The fraction of sp³-hybridized carbons (Fsp3) is 0.391. The smallest absolute Gasteiger partial charge is 0.247 e. The minimum absolute atomic E-state index is 0.0143. The van der Waals surface area contributed by atoms with Crippen molar-refractivity contribution in [3.63, 3.8) is 0 Å². The van der Waals surface area contributed by atoms with Crippen LogP contribution in [-0.2, 0) is 14.8 Å². The number of fused-ring (bicyclic) bond motifs is 1. The Morgan fingerprint density at radius 1 is 1.18 bits per heavy atom. The normalized spacial score (nSPS) is 17.1. The molecule has 0 saturated carbocycles. The molecule has 1 aliphatic heterocycles. The van der Waals surface area contributed by atoms with Gasteiger partial charge in [0, 0.05) is 25.7 Å². The second-order valence-corrected chi connectivity index (χ2v) is 11.5. The summed E-state index contributed by atoms with van der Waals surface area (Å²) < 4.78 is 56.2. The minimum Gasteiger partial charge on any atom is -0.308 e. The molecule has 1 amide bonds. The lowest BCUT2D eigenvalue weighted by Gasteiger charge is -2.29. The highest BCUT2D eigenvalue weighted by molar-refractivity contribution is 7.89. The van der Waals surface area contributed by atoms with Crippen molar-refractivity contribution in [2.24, 2.45) is 0 Å². The zero-order chi connectivity index (χ0) is 24.6. The standard InChI is InChI=1S/C23H26F2N4O3S2/c1-15-6-8-17(9-7-15)34(31,32)29-10-4-5-19(29)22(30)28(12-11-27(2)3)23-26-21-18(25)13-16(24)14-20(21)33-23/h6-9,13-14,19H,4-5,10-12H2,1-3H3. The molecule has 11 heteroatoms. The number of aromatic nitrogens is 1. The van der Waals surface area contributed by atoms with E-state index in [4.69, 9.17) is 0 Å². The van der Waals surface area contributed by atoms with E-state index in [9.17, 15) is 22.0 Å². The van der Waals surface area contributed by atoms with Crippen molar-refractivity contribution >= 4 is 42.6 Å². The molecule has 182 valence electrons. The minimum atomic E-state index is -3.88. The van der Waals surface area contributed by atoms with Crippen LogP contribution < -0.4 is 4.90 Å². The number of sulfonamides is 1. The van der Waals surface area contributed by atoms with E-state index in [1.54, 1.807) is 24.3 Å². The first-order chi connectivity index (χ1) is 16.1. The zero-order valence-corrected chi connectivity index (χ0v) is 20.8. The van der Waals surface area contributed by atoms with Crippen molar-refractivity contribution in [3.8, 4) is 0 Å². The van der Waals surface area contributed by atoms with Gasteiger partial charge in [0.05, 0.1) is 9.60 Å². The van der Waals surface area contributed by atoms with Crippen LogP contribution in [0.4, 0.5) is 13.9 Å². The molecular weight excluding hydrogens is 482 g/mol. The number of likely N-dealkylation sites (N-methyl/N-ethyl adjacent to an activating group) is 1. The van der Waals surface area contributed by atoms with E-state index in [0.29, 0.717) is 19.4 Å². The molecule has 2 heterocycles. The Balaban J connectivity index is 1.70. The lowest BCUT2D eigenvalue weighted by atomic mass is 10.2. The molecule has 1 atom stereocenters. The molecule has 2 aromatic carbocycles. The van der Waals surface area contributed by atoms with Gasteiger partial charge in [0.15, 0.2) is 10.9 Å². The first kappa shape index (κ1) is 24.6. The second-order valence-electron chi connectivity index (χ2n) is 8.61. The molecule has 3 aromatic rings. The van der Waals surface area contributed by atoms with Crippen molar-refractivity contribution in [3.05, 3.63) is 53.6 Å². The number of hydrogen-bond acceptors (Lipinski definition) is 6. The van der Waals surface area contributed by atoms with E-state index in [1.807, 2.05) is 25.9 Å². The predicted octanol–water partition coefficient (Wildman–Crippen LogP) is 3.63. The van der Waals surface area contributed by atoms with Crippen LogP contribution >= 0.6 is 11.3 Å². The molecule has 34 heavy (non-hydrogen) atoms. The van der Waals surface area contributed by atoms with Crippen LogP contribution in [0.1, 0.15) is 18.4 Å². The molecule has 1 unspecified atom stereocenters. The van der Waals surface area contributed by atoms with Crippen LogP contribution in [0.3, 0.4) is 0 Å². The number of aryl methyl sites for hydroxylation is 1. The molecule has 1 saturated heterocycles. The van der Waals surface area contributed by atoms with Gasteiger partial charge < -0.3 is 4.90 Å². The van der Waals surface area contributed by atoms with Gasteiger partial charge in [-0.3, -0.25) is 9.69 Å². The topological polar surface area (TPSA) is 73.8 Å². The van der Waals surface area contributed by atoms with E-state index in [2.05, 4.69) is 4.98 Å². The van der Waals surface area contributed by atoms with E-state index >= 15 is 0 Å². The van der Waals surface area contributed by atoms with Crippen molar-refractivity contribution in [1.29, 1.82) is 0 Å². The van der Waals surface area contributed by atoms with Gasteiger partial charge in [0.2, 0.25) is 15.9 Å². The third-order valence-corrected chi connectivity index (χ3v) is 8.73. The van der Waals surface area contributed by atoms with Crippen LogP contribution in [-0.4, -0.2) is 68.3 Å². The molecule has 1 aromatic heterocycles. The first-order valence-corrected chi connectivity index (χ1v) is 13.1. The Hall–Kier alpha value is -2.47. The maximum Gasteiger partial charge on any atom is 0.247 e. The maximum atomic E-state index is 14.3. The van der Waals surface area contributed by atoms with E-state index in [0.717, 1.165) is 23.0 Å². The van der Waals surface area contributed by atoms with Gasteiger partial charge in [0.1, 0.15) is 17.4 Å². The highest BCUT2D eigenvalue weighted by atomic mass is 32.2. The number of carbonyl (C=O) groups excluding carboxylic acids is 1. The summed E-state index contributed by atoms with van der Waals surface area (Å²) in [6, 6.07) is 7.55. The molecule has 0 N–H and O–H groups in total. The van der Waals surface area contributed by atoms with Gasteiger partial charge >= 0.3 is 0 Å². The highest BCUT2D eigenvalue weighted by Gasteiger charge is 2.42. The van der Waals surface area contributed by atoms with Gasteiger partial charge in [-0.2, -0.15) is 4.31 Å². The van der Waals surface area contributed by atoms with Crippen molar-refractivity contribution < 1.29 is 22.0 Å². The number of anilines is 1. The van der Waals surface area contributed by atoms with Gasteiger partial charge in [-0.15, -0.1) is 0 Å². The van der Waals surface area contributed by atoms with Gasteiger partial charge in [-0.1, -0.05) is 29.0 Å². The Bertz CT molecular complexity index is 1310. The lowest BCUT2D eigenvalue weighted by Crippen LogP contribution is -2.49. The molecular formula is C23H26F2N4O3S2. The fourth-order valence-corrected chi connectivity index (χ4v) is 6.65. The van der Waals surface area contributed by atoms with Crippen molar-refractivity contribution in [2.75, 3.05) is 38.6 Å². The van der Waals surface area contributed by atoms with Crippen LogP contribution in [0.2, 0.25) is 0 Å². The predicted molar refractivity (Wildman–Crippen MR) is 129 cm³/mol. The average Bonchev–Trinajstić information content (AvgIpc) is 3.42. The monoisotopic (exact) mass is 508 g/mol. The summed E-state index contributed by atoms with van der Waals surface area (Å²) >= 11 is 1.01. The van der Waals surface area contributed by atoms with Crippen LogP contribution in [0.5, 0.6) is 0 Å². The summed E-state index contributed by atoms with van der Waals surface area (Å²) in [7, 11) is -0.191. The summed E-state index contributed by atoms with van der Waals surface area (Å²) in [6.45, 7) is 2.81. The average molecular weight is 509 g/mol. The van der Waals surface area contributed by atoms with Gasteiger partial charge in [-0.25, -0.2) is 22.2 Å². The number of hydrogen-bond donors (Lipinski definition) is 0. The number of rotatable bonds is 7. The molecule has 0 radical (unpaired) electrons. The Labute approximate surface area is 201 Å². The first-order valence-electron chi connectivity index (χ1n) is 10.9. The van der Waals surface area contributed by atoms with E-state index < -0.39 is 33.6 Å². The van der Waals surface area contributed by atoms with E-state index in [1.165, 1.54) is 15.3 Å². The van der Waals surface area contributed by atoms with Gasteiger partial charge in [-0.05, 0) is 52.1 Å². The zero-order valence-electron chi connectivity index (χ0n) is 19.2. The van der Waals surface area contributed by atoms with Crippen molar-refractivity contribution in [2.45, 2.75) is 30.7 Å². The fourth-order valence-electron chi connectivity index (χ4n) is 3.96. The largest absolute Gasteiger partial charge is 0.308 e. The number of thiazole rings is 1. The summed E-state index contributed by atoms with van der Waals surface area (Å²) in [4.78, 5) is 21.4. The van der Waals surface area contributed by atoms with Crippen LogP contribution in [0.15, 0.2) is 41.3 Å². The van der Waals surface area contributed by atoms with Crippen molar-refractivity contribution in [1.82, 2.24) is 14.2 Å². The second kappa shape index (κ2) is 9.65. The number of nitrogens with zero attached hydrogens (tertiary/aromatic N) is 4. The third-order valence-electron chi connectivity index (χ3n) is 5.79. The molecule has 0 spiro atoms. The highest BCUT2D eigenvalue weighted by Crippen LogP contribution is 2.34. The summed E-state index contributed by atoms with van der Waals surface area (Å²) in [5.74, 6) is -1.95. The molecule has 4 rings (SSSR count). The maximum absolute atomic E-state index is 14.3. The SMILES string of the molecule is Cc1ccc(S(=O)(=O)N2CCCC2C(=O)N(CCN(C)C)c2nc3c(F)cc(F)cc3s2)cc1. The molecule has 7 nitrogen and oxygen atoms in total. The molecule has 1 aliphatic rings. The molecule has 1 fully saturated rings. The van der Waals surface area contributed by atoms with Crippen LogP contribution in [0.25, 0.3) is 10.2 Å². The Morgan fingerprint density at radius 3 is 2.56 bits per heavy atom. The van der Waals surface area contributed by atoms with Gasteiger partial charge in [0.25, 0.3) is 0 Å².